The number of hydrogen-bond acceptors (Lipinski definition) is 6. The van der Waals surface area contributed by atoms with Crippen LogP contribution in [0.15, 0.2) is 52.7 Å². The van der Waals surface area contributed by atoms with E-state index < -0.39 is 17.7 Å². The van der Waals surface area contributed by atoms with Crippen molar-refractivity contribution in [3.8, 4) is 5.75 Å². The van der Waals surface area contributed by atoms with Crippen LogP contribution in [0.5, 0.6) is 5.75 Å². The van der Waals surface area contributed by atoms with Gasteiger partial charge in [-0.1, -0.05) is 13.8 Å². The summed E-state index contributed by atoms with van der Waals surface area (Å²) in [7, 11) is 0. The minimum atomic E-state index is -0.767. The molecule has 1 aliphatic rings. The number of rotatable bonds is 9. The Labute approximate surface area is 182 Å². The molecule has 2 aromatic rings. The standard InChI is InChI=1S/C24H30N2O5/c1-5-25(6-2)13-14-26-21(19-8-7-15-30-19)20(23(28)24(26)29)22(27)17-9-11-18(12-10-17)31-16(3)4/h7-12,15-16,21,27H,5-6,13-14H2,1-4H3/b22-20+. The maximum atomic E-state index is 12.9. The highest BCUT2D eigenvalue weighted by Gasteiger charge is 2.47. The Bertz CT molecular complexity index is 927. The lowest BCUT2D eigenvalue weighted by atomic mass is 9.99. The van der Waals surface area contributed by atoms with E-state index in [1.165, 1.54) is 11.2 Å². The van der Waals surface area contributed by atoms with Crippen LogP contribution >= 0.6 is 0 Å². The Morgan fingerprint density at radius 2 is 1.84 bits per heavy atom. The number of ketones is 1. The molecule has 0 bridgehead atoms. The molecule has 2 heterocycles. The van der Waals surface area contributed by atoms with Crippen LogP contribution in [0, 0.1) is 0 Å². The third-order valence-corrected chi connectivity index (χ3v) is 5.40. The SMILES string of the molecule is CCN(CC)CCN1C(=O)C(=O)/C(=C(/O)c2ccc(OC(C)C)cc2)C1c1ccco1. The molecule has 1 unspecified atom stereocenters. The van der Waals surface area contributed by atoms with Crippen molar-refractivity contribution in [3.05, 3.63) is 59.6 Å². The van der Waals surface area contributed by atoms with Crippen molar-refractivity contribution in [2.45, 2.75) is 39.8 Å². The summed E-state index contributed by atoms with van der Waals surface area (Å²) in [5.74, 6) is -0.453. The molecule has 0 radical (unpaired) electrons. The van der Waals surface area contributed by atoms with Crippen molar-refractivity contribution >= 4 is 17.4 Å². The van der Waals surface area contributed by atoms with Gasteiger partial charge in [-0.25, -0.2) is 0 Å². The predicted molar refractivity (Wildman–Crippen MR) is 118 cm³/mol. The first-order chi connectivity index (χ1) is 14.9. The van der Waals surface area contributed by atoms with Crippen LogP contribution in [0.25, 0.3) is 5.76 Å². The summed E-state index contributed by atoms with van der Waals surface area (Å²) in [5, 5.41) is 11.0. The molecule has 0 aliphatic carbocycles. The first-order valence-electron chi connectivity index (χ1n) is 10.7. The fourth-order valence-corrected chi connectivity index (χ4v) is 3.76. The van der Waals surface area contributed by atoms with Gasteiger partial charge in [-0.3, -0.25) is 9.59 Å². The Hall–Kier alpha value is -3.06. The number of benzene rings is 1. The van der Waals surface area contributed by atoms with Gasteiger partial charge in [0.1, 0.15) is 23.3 Å². The van der Waals surface area contributed by atoms with Crippen molar-refractivity contribution in [3.63, 3.8) is 0 Å². The molecule has 1 saturated heterocycles. The number of amides is 1. The van der Waals surface area contributed by atoms with E-state index in [1.54, 1.807) is 36.4 Å². The molecule has 31 heavy (non-hydrogen) atoms. The lowest BCUT2D eigenvalue weighted by molar-refractivity contribution is -0.140. The highest BCUT2D eigenvalue weighted by molar-refractivity contribution is 6.46. The fraction of sp³-hybridized carbons (Fsp3) is 0.417. The van der Waals surface area contributed by atoms with Crippen LogP contribution in [0.3, 0.4) is 0 Å². The number of ether oxygens (including phenoxy) is 1. The van der Waals surface area contributed by atoms with Gasteiger partial charge in [-0.15, -0.1) is 0 Å². The van der Waals surface area contributed by atoms with Crippen molar-refractivity contribution in [1.29, 1.82) is 0 Å². The van der Waals surface area contributed by atoms with Crippen molar-refractivity contribution in [2.75, 3.05) is 26.2 Å². The minimum absolute atomic E-state index is 0.0227. The molecule has 0 spiro atoms. The molecule has 166 valence electrons. The Morgan fingerprint density at radius 3 is 2.39 bits per heavy atom. The van der Waals surface area contributed by atoms with Crippen molar-refractivity contribution in [2.24, 2.45) is 0 Å². The summed E-state index contributed by atoms with van der Waals surface area (Å²) in [6.45, 7) is 10.6. The molecule has 0 saturated carbocycles. The molecule has 7 heteroatoms. The number of hydrogen-bond donors (Lipinski definition) is 1. The molecule has 1 aromatic heterocycles. The van der Waals surface area contributed by atoms with E-state index in [1.807, 2.05) is 27.7 Å². The Morgan fingerprint density at radius 1 is 1.16 bits per heavy atom. The lowest BCUT2D eigenvalue weighted by Gasteiger charge is -2.26. The zero-order chi connectivity index (χ0) is 22.5. The molecular formula is C24H30N2O5. The highest BCUT2D eigenvalue weighted by atomic mass is 16.5. The minimum Gasteiger partial charge on any atom is -0.507 e. The van der Waals surface area contributed by atoms with E-state index in [-0.39, 0.29) is 17.4 Å². The number of nitrogens with zero attached hydrogens (tertiary/aromatic N) is 2. The van der Waals surface area contributed by atoms with Gasteiger partial charge in [0, 0.05) is 18.7 Å². The third-order valence-electron chi connectivity index (χ3n) is 5.40. The number of Topliss-reactive ketones (excluding diaryl/α,β-unsaturated/α-hetero) is 1. The van der Waals surface area contributed by atoms with Crippen molar-refractivity contribution in [1.82, 2.24) is 9.80 Å². The third kappa shape index (κ3) is 4.82. The van der Waals surface area contributed by atoms with Gasteiger partial charge in [0.2, 0.25) is 0 Å². The largest absolute Gasteiger partial charge is 0.507 e. The summed E-state index contributed by atoms with van der Waals surface area (Å²) in [6.07, 6.45) is 1.52. The summed E-state index contributed by atoms with van der Waals surface area (Å²) < 4.78 is 11.2. The van der Waals surface area contributed by atoms with Crippen LogP contribution in [0.1, 0.15) is 45.1 Å². The molecule has 1 fully saturated rings. The van der Waals surface area contributed by atoms with E-state index in [9.17, 15) is 14.7 Å². The lowest BCUT2D eigenvalue weighted by Crippen LogP contribution is -2.37. The van der Waals surface area contributed by atoms with Crippen LogP contribution in [-0.2, 0) is 9.59 Å². The summed E-state index contributed by atoms with van der Waals surface area (Å²) >= 11 is 0. The maximum Gasteiger partial charge on any atom is 0.295 e. The second-order valence-electron chi connectivity index (χ2n) is 7.73. The topological polar surface area (TPSA) is 83.2 Å². The maximum absolute atomic E-state index is 12.9. The Balaban J connectivity index is 1.98. The zero-order valence-corrected chi connectivity index (χ0v) is 18.5. The molecule has 1 aromatic carbocycles. The van der Waals surface area contributed by atoms with E-state index >= 15 is 0 Å². The van der Waals surface area contributed by atoms with Gasteiger partial charge in [-0.05, 0) is 63.3 Å². The highest BCUT2D eigenvalue weighted by Crippen LogP contribution is 2.39. The molecular weight excluding hydrogens is 396 g/mol. The molecule has 1 atom stereocenters. The quantitative estimate of drug-likeness (QED) is 0.373. The number of likely N-dealkylation sites (N-methyl/N-ethyl adjacent to an activating group) is 1. The van der Waals surface area contributed by atoms with E-state index in [4.69, 9.17) is 9.15 Å². The number of carbonyl (C=O) groups is 2. The number of furan rings is 1. The summed E-state index contributed by atoms with van der Waals surface area (Å²) in [6, 6.07) is 9.47. The van der Waals surface area contributed by atoms with Gasteiger partial charge >= 0.3 is 0 Å². The molecule has 1 N–H and O–H groups in total. The number of aliphatic hydroxyl groups excluding tert-OH is 1. The number of carbonyl (C=O) groups excluding carboxylic acids is 2. The van der Waals surface area contributed by atoms with Gasteiger partial charge in [0.05, 0.1) is 17.9 Å². The molecule has 7 nitrogen and oxygen atoms in total. The first kappa shape index (κ1) is 22.6. The normalized spacial score (nSPS) is 18.4. The average molecular weight is 427 g/mol. The van der Waals surface area contributed by atoms with Crippen LogP contribution in [0.4, 0.5) is 0 Å². The van der Waals surface area contributed by atoms with Gasteiger partial charge in [0.25, 0.3) is 11.7 Å². The number of likely N-dealkylation sites (tertiary alicyclic amines) is 1. The second kappa shape index (κ2) is 9.83. The van der Waals surface area contributed by atoms with Crippen LogP contribution < -0.4 is 4.74 Å². The van der Waals surface area contributed by atoms with Crippen molar-refractivity contribution < 1.29 is 23.8 Å². The second-order valence-corrected chi connectivity index (χ2v) is 7.73. The predicted octanol–water partition coefficient (Wildman–Crippen LogP) is 3.83. The van der Waals surface area contributed by atoms with Gasteiger partial charge in [-0.2, -0.15) is 0 Å². The van der Waals surface area contributed by atoms with Crippen LogP contribution in [0.2, 0.25) is 0 Å². The summed E-state index contributed by atoms with van der Waals surface area (Å²) in [5.41, 5.74) is 0.478. The smallest absolute Gasteiger partial charge is 0.295 e. The number of aliphatic hydroxyl groups is 1. The van der Waals surface area contributed by atoms with E-state index in [0.717, 1.165) is 13.1 Å². The van der Waals surface area contributed by atoms with E-state index in [2.05, 4.69) is 4.90 Å². The molecule has 3 rings (SSSR count). The average Bonchev–Trinajstić information content (AvgIpc) is 3.36. The molecule has 1 aliphatic heterocycles. The Kier molecular flexibility index (Phi) is 7.17. The first-order valence-corrected chi connectivity index (χ1v) is 10.7. The van der Waals surface area contributed by atoms with E-state index in [0.29, 0.717) is 30.2 Å². The summed E-state index contributed by atoms with van der Waals surface area (Å²) in [4.78, 5) is 29.5. The van der Waals surface area contributed by atoms with Crippen LogP contribution in [-0.4, -0.2) is 58.9 Å². The van der Waals surface area contributed by atoms with Gasteiger partial charge < -0.3 is 24.1 Å². The molecule has 1 amide bonds. The van der Waals surface area contributed by atoms with Gasteiger partial charge in [0.15, 0.2) is 0 Å². The zero-order valence-electron chi connectivity index (χ0n) is 18.5. The monoisotopic (exact) mass is 426 g/mol. The fourth-order valence-electron chi connectivity index (χ4n) is 3.76.